The molecule has 2 rings (SSSR count). The average Bonchev–Trinajstić information content (AvgIpc) is 2.42. The second-order valence-electron chi connectivity index (χ2n) is 3.93. The van der Waals surface area contributed by atoms with Crippen molar-refractivity contribution in [2.24, 2.45) is 0 Å². The zero-order valence-electron chi connectivity index (χ0n) is 10.3. The van der Waals surface area contributed by atoms with Crippen LogP contribution in [-0.4, -0.2) is 15.8 Å². The summed E-state index contributed by atoms with van der Waals surface area (Å²) in [4.78, 5) is 26.0. The van der Waals surface area contributed by atoms with Gasteiger partial charge in [-0.05, 0) is 18.2 Å². The van der Waals surface area contributed by atoms with E-state index in [9.17, 15) is 14.9 Å². The van der Waals surface area contributed by atoms with E-state index < -0.39 is 16.5 Å². The minimum atomic E-state index is -0.759. The van der Waals surface area contributed by atoms with Gasteiger partial charge in [0.25, 0.3) is 11.6 Å². The molecule has 3 N–H and O–H groups in total. The maximum Gasteiger partial charge on any atom is 0.300 e. The molecule has 108 valence electrons. The number of carbonyl (C=O) groups excluding carboxylic acids is 1. The lowest BCUT2D eigenvalue weighted by molar-refractivity contribution is -0.385. The monoisotopic (exact) mass is 326 g/mol. The summed E-state index contributed by atoms with van der Waals surface area (Å²) >= 11 is 11.8. The molecule has 0 spiro atoms. The molecule has 0 aliphatic carbocycles. The van der Waals surface area contributed by atoms with E-state index >= 15 is 0 Å². The van der Waals surface area contributed by atoms with E-state index in [1.54, 1.807) is 6.07 Å². The number of benzene rings is 1. The Kier molecular flexibility index (Phi) is 4.25. The molecule has 0 radical (unpaired) electrons. The summed E-state index contributed by atoms with van der Waals surface area (Å²) in [7, 11) is 0. The van der Waals surface area contributed by atoms with Gasteiger partial charge in [-0.2, -0.15) is 0 Å². The summed E-state index contributed by atoms with van der Waals surface area (Å²) in [5, 5.41) is 13.8. The molecule has 1 aromatic heterocycles. The van der Waals surface area contributed by atoms with Crippen LogP contribution in [0.4, 0.5) is 17.2 Å². The fourth-order valence-corrected chi connectivity index (χ4v) is 2.08. The van der Waals surface area contributed by atoms with Crippen molar-refractivity contribution in [1.29, 1.82) is 0 Å². The first-order chi connectivity index (χ1) is 9.90. The Balaban J connectivity index is 2.41. The van der Waals surface area contributed by atoms with E-state index in [4.69, 9.17) is 28.9 Å². The maximum absolute atomic E-state index is 12.2. The van der Waals surface area contributed by atoms with Crippen LogP contribution in [0.3, 0.4) is 0 Å². The van der Waals surface area contributed by atoms with E-state index in [0.717, 1.165) is 12.3 Å². The quantitative estimate of drug-likeness (QED) is 0.664. The molecule has 0 aliphatic rings. The standard InChI is InChI=1S/C12H8Cl2N4O3/c13-7-2-1-3-8(14)11(7)17-12(19)6-4-10(15)16-5-9(6)18(20)21/h1-5H,(H2,15,16)(H,17,19). The Morgan fingerprint density at radius 2 is 1.95 bits per heavy atom. The number of nitrogens with one attached hydrogen (secondary N) is 1. The highest BCUT2D eigenvalue weighted by Gasteiger charge is 2.22. The topological polar surface area (TPSA) is 111 Å². The Hall–Kier alpha value is -2.38. The van der Waals surface area contributed by atoms with Gasteiger partial charge in [-0.25, -0.2) is 4.98 Å². The zero-order valence-corrected chi connectivity index (χ0v) is 11.9. The van der Waals surface area contributed by atoms with Crippen LogP contribution in [0.5, 0.6) is 0 Å². The van der Waals surface area contributed by atoms with Gasteiger partial charge in [0.05, 0.1) is 20.7 Å². The third-order valence-electron chi connectivity index (χ3n) is 2.55. The van der Waals surface area contributed by atoms with Crippen LogP contribution in [0.1, 0.15) is 10.4 Å². The molecule has 2 aromatic rings. The number of aromatic nitrogens is 1. The first-order valence-electron chi connectivity index (χ1n) is 5.55. The molecule has 0 fully saturated rings. The van der Waals surface area contributed by atoms with E-state index in [2.05, 4.69) is 10.3 Å². The number of hydrogen-bond donors (Lipinski definition) is 2. The molecule has 7 nitrogen and oxygen atoms in total. The minimum Gasteiger partial charge on any atom is -0.384 e. The van der Waals surface area contributed by atoms with Crippen molar-refractivity contribution in [2.45, 2.75) is 0 Å². The normalized spacial score (nSPS) is 10.2. The number of carbonyl (C=O) groups is 1. The molecule has 0 atom stereocenters. The third-order valence-corrected chi connectivity index (χ3v) is 3.18. The molecular formula is C12H8Cl2N4O3. The van der Waals surface area contributed by atoms with Crippen molar-refractivity contribution in [3.8, 4) is 0 Å². The fraction of sp³-hybridized carbons (Fsp3) is 0. The highest BCUT2D eigenvalue weighted by atomic mass is 35.5. The second-order valence-corrected chi connectivity index (χ2v) is 4.75. The Morgan fingerprint density at radius 1 is 1.33 bits per heavy atom. The van der Waals surface area contributed by atoms with Crippen molar-refractivity contribution in [3.05, 3.63) is 56.2 Å². The Labute approximate surface area is 128 Å². The van der Waals surface area contributed by atoms with Crippen molar-refractivity contribution in [2.75, 3.05) is 11.1 Å². The largest absolute Gasteiger partial charge is 0.384 e. The van der Waals surface area contributed by atoms with Gasteiger partial charge in [-0.15, -0.1) is 0 Å². The van der Waals surface area contributed by atoms with E-state index in [1.165, 1.54) is 12.1 Å². The Morgan fingerprint density at radius 3 is 2.52 bits per heavy atom. The lowest BCUT2D eigenvalue weighted by atomic mass is 10.2. The smallest absolute Gasteiger partial charge is 0.300 e. The number of nitro groups is 1. The molecule has 1 amide bonds. The summed E-state index contributed by atoms with van der Waals surface area (Å²) in [5.74, 6) is -0.776. The highest BCUT2D eigenvalue weighted by molar-refractivity contribution is 6.40. The van der Waals surface area contributed by atoms with E-state index in [-0.39, 0.29) is 27.1 Å². The van der Waals surface area contributed by atoms with E-state index in [1.807, 2.05) is 0 Å². The van der Waals surface area contributed by atoms with Crippen LogP contribution < -0.4 is 11.1 Å². The lowest BCUT2D eigenvalue weighted by Crippen LogP contribution is -2.15. The maximum atomic E-state index is 12.2. The number of nitrogens with zero attached hydrogens (tertiary/aromatic N) is 2. The summed E-state index contributed by atoms with van der Waals surface area (Å²) < 4.78 is 0. The van der Waals surface area contributed by atoms with Crippen LogP contribution in [0.2, 0.25) is 10.0 Å². The van der Waals surface area contributed by atoms with Crippen LogP contribution in [0.15, 0.2) is 30.5 Å². The highest BCUT2D eigenvalue weighted by Crippen LogP contribution is 2.31. The van der Waals surface area contributed by atoms with Gasteiger partial charge in [0, 0.05) is 0 Å². The number of nitrogens with two attached hydrogens (primary N) is 1. The summed E-state index contributed by atoms with van der Waals surface area (Å²) in [5.41, 5.74) is 4.91. The summed E-state index contributed by atoms with van der Waals surface area (Å²) in [6.07, 6.45) is 0.915. The summed E-state index contributed by atoms with van der Waals surface area (Å²) in [6, 6.07) is 5.77. The number of anilines is 2. The predicted molar refractivity (Wildman–Crippen MR) is 79.7 cm³/mol. The Bertz CT molecular complexity index is 716. The van der Waals surface area contributed by atoms with Crippen LogP contribution in [0.25, 0.3) is 0 Å². The molecule has 1 heterocycles. The SMILES string of the molecule is Nc1cc(C(=O)Nc2c(Cl)cccc2Cl)c([N+](=O)[O-])cn1. The molecule has 0 saturated heterocycles. The number of pyridine rings is 1. The van der Waals surface area contributed by atoms with Crippen molar-refractivity contribution >= 4 is 46.3 Å². The van der Waals surface area contributed by atoms with Gasteiger partial charge < -0.3 is 11.1 Å². The minimum absolute atomic E-state index is 0.0176. The molecule has 0 bridgehead atoms. The molecule has 0 saturated carbocycles. The van der Waals surface area contributed by atoms with Gasteiger partial charge in [-0.3, -0.25) is 14.9 Å². The predicted octanol–water partition coefficient (Wildman–Crippen LogP) is 3.13. The number of nitrogen functional groups attached to an aromatic ring is 1. The van der Waals surface area contributed by atoms with Crippen LogP contribution in [-0.2, 0) is 0 Å². The number of amides is 1. The molecule has 1 aromatic carbocycles. The molecule has 0 unspecified atom stereocenters. The van der Waals surface area contributed by atoms with Crippen molar-refractivity contribution in [3.63, 3.8) is 0 Å². The first-order valence-corrected chi connectivity index (χ1v) is 6.31. The van der Waals surface area contributed by atoms with Gasteiger partial charge in [0.1, 0.15) is 17.6 Å². The molecule has 0 aliphatic heterocycles. The van der Waals surface area contributed by atoms with Gasteiger partial charge in [0.2, 0.25) is 0 Å². The van der Waals surface area contributed by atoms with E-state index in [0.29, 0.717) is 0 Å². The lowest BCUT2D eigenvalue weighted by Gasteiger charge is -2.09. The zero-order chi connectivity index (χ0) is 15.6. The molecule has 21 heavy (non-hydrogen) atoms. The van der Waals surface area contributed by atoms with Gasteiger partial charge >= 0.3 is 0 Å². The van der Waals surface area contributed by atoms with Crippen molar-refractivity contribution < 1.29 is 9.72 Å². The fourth-order valence-electron chi connectivity index (χ4n) is 1.59. The average molecular weight is 327 g/mol. The van der Waals surface area contributed by atoms with Crippen LogP contribution in [0, 0.1) is 10.1 Å². The summed E-state index contributed by atoms with van der Waals surface area (Å²) in [6.45, 7) is 0. The van der Waals surface area contributed by atoms with Gasteiger partial charge in [0.15, 0.2) is 0 Å². The second kappa shape index (κ2) is 5.94. The number of halogens is 2. The van der Waals surface area contributed by atoms with Crippen LogP contribution >= 0.6 is 23.2 Å². The van der Waals surface area contributed by atoms with Gasteiger partial charge in [-0.1, -0.05) is 29.3 Å². The number of rotatable bonds is 3. The van der Waals surface area contributed by atoms with Crippen molar-refractivity contribution in [1.82, 2.24) is 4.98 Å². The molecule has 9 heteroatoms. The molecular weight excluding hydrogens is 319 g/mol. The number of para-hydroxylation sites is 1. The third kappa shape index (κ3) is 3.21. The first kappa shape index (κ1) is 15.0. The number of hydrogen-bond acceptors (Lipinski definition) is 5.